The van der Waals surface area contributed by atoms with Crippen LogP contribution in [0.15, 0.2) is 63.2 Å². The first-order valence-corrected chi connectivity index (χ1v) is 14.0. The first-order chi connectivity index (χ1) is 17.1. The maximum atomic E-state index is 13.2. The van der Waals surface area contributed by atoms with Crippen LogP contribution in [-0.2, 0) is 9.84 Å². The summed E-state index contributed by atoms with van der Waals surface area (Å²) in [7, 11) is -0.0501. The van der Waals surface area contributed by atoms with Crippen molar-refractivity contribution in [3.8, 4) is 0 Å². The Morgan fingerprint density at radius 3 is 2.36 bits per heavy atom. The van der Waals surface area contributed by atoms with Crippen LogP contribution >= 0.6 is 15.9 Å². The number of aromatic nitrogens is 3. The molecule has 3 aromatic rings. The molecule has 1 aliphatic rings. The number of hydrogen-bond donors (Lipinski definition) is 2. The maximum Gasteiger partial charge on any atom is 0.254 e. The highest BCUT2D eigenvalue weighted by molar-refractivity contribution is 9.10. The van der Waals surface area contributed by atoms with Crippen molar-refractivity contribution >= 4 is 43.4 Å². The zero-order valence-corrected chi connectivity index (χ0v) is 22.8. The largest absolute Gasteiger partial charge is 0.362 e. The Balaban J connectivity index is 1.40. The van der Waals surface area contributed by atoms with Crippen LogP contribution in [0.1, 0.15) is 41.6 Å². The zero-order chi connectivity index (χ0) is 25.9. The van der Waals surface area contributed by atoms with Gasteiger partial charge in [0.2, 0.25) is 15.8 Å². The van der Waals surface area contributed by atoms with E-state index >= 15 is 0 Å². The van der Waals surface area contributed by atoms with E-state index in [2.05, 4.69) is 41.5 Å². The molecule has 2 aromatic heterocycles. The van der Waals surface area contributed by atoms with Crippen molar-refractivity contribution in [3.05, 3.63) is 64.4 Å². The third-order valence-corrected chi connectivity index (χ3v) is 8.41. The van der Waals surface area contributed by atoms with E-state index in [0.717, 1.165) is 41.5 Å². The molecule has 0 bridgehead atoms. The van der Waals surface area contributed by atoms with Crippen molar-refractivity contribution in [3.63, 3.8) is 0 Å². The molecule has 1 aromatic carbocycles. The van der Waals surface area contributed by atoms with Gasteiger partial charge in [0.05, 0.1) is 10.5 Å². The second kappa shape index (κ2) is 10.9. The summed E-state index contributed by atoms with van der Waals surface area (Å²) in [6.07, 6.45) is 6.36. The number of benzene rings is 1. The number of carbonyl (C=O) groups excluding carboxylic acids is 1. The van der Waals surface area contributed by atoms with E-state index in [9.17, 15) is 13.2 Å². The fraction of sp³-hybridized carbons (Fsp3) is 0.360. The Kier molecular flexibility index (Phi) is 7.89. The lowest BCUT2D eigenvalue weighted by molar-refractivity contribution is 0.0922. The van der Waals surface area contributed by atoms with Crippen molar-refractivity contribution in [1.82, 2.24) is 20.3 Å². The van der Waals surface area contributed by atoms with Gasteiger partial charge in [0.1, 0.15) is 5.82 Å². The van der Waals surface area contributed by atoms with E-state index in [1.54, 1.807) is 18.2 Å². The number of nitrogens with one attached hydrogen (secondary N) is 2. The fourth-order valence-electron chi connectivity index (χ4n) is 4.29. The van der Waals surface area contributed by atoms with E-state index in [1.165, 1.54) is 24.4 Å². The second-order valence-corrected chi connectivity index (χ2v) is 11.9. The zero-order valence-electron chi connectivity index (χ0n) is 20.4. The summed E-state index contributed by atoms with van der Waals surface area (Å²) in [6.45, 7) is 1.98. The molecule has 0 atom stereocenters. The van der Waals surface area contributed by atoms with Crippen molar-refractivity contribution in [2.24, 2.45) is 0 Å². The summed E-state index contributed by atoms with van der Waals surface area (Å²) < 4.78 is 27.1. The number of amides is 1. The molecule has 1 amide bonds. The minimum absolute atomic E-state index is 0.0462. The predicted molar refractivity (Wildman–Crippen MR) is 142 cm³/mol. The Bertz CT molecular complexity index is 1340. The van der Waals surface area contributed by atoms with E-state index in [4.69, 9.17) is 0 Å². The summed E-state index contributed by atoms with van der Waals surface area (Å²) in [5, 5.41) is 6.17. The highest BCUT2D eigenvalue weighted by Crippen LogP contribution is 2.26. The minimum atomic E-state index is -3.95. The van der Waals surface area contributed by atoms with Crippen LogP contribution in [-0.4, -0.2) is 55.5 Å². The van der Waals surface area contributed by atoms with Crippen LogP contribution < -0.4 is 15.5 Å². The number of sulfone groups is 1. The Labute approximate surface area is 219 Å². The topological polar surface area (TPSA) is 117 Å². The number of rotatable bonds is 7. The van der Waals surface area contributed by atoms with Gasteiger partial charge in [0.15, 0.2) is 5.03 Å². The monoisotopic (exact) mass is 572 g/mol. The lowest BCUT2D eigenvalue weighted by atomic mass is 9.91. The fourth-order valence-corrected chi connectivity index (χ4v) is 5.92. The van der Waals surface area contributed by atoms with Gasteiger partial charge in [-0.2, -0.15) is 4.98 Å². The van der Waals surface area contributed by atoms with E-state index in [0.29, 0.717) is 5.95 Å². The predicted octanol–water partition coefficient (Wildman–Crippen LogP) is 3.99. The van der Waals surface area contributed by atoms with Gasteiger partial charge >= 0.3 is 0 Å². The normalized spacial score (nSPS) is 17.9. The SMILES string of the molecule is Cc1cnc(N[C@H]2CC[C@@H](NC(=O)c3cccnc3S(=O)(=O)c3ccc(Br)cc3)CC2)nc1N(C)C. The molecule has 2 heterocycles. The highest BCUT2D eigenvalue weighted by atomic mass is 79.9. The molecular formula is C25H29BrN6O3S. The van der Waals surface area contributed by atoms with E-state index in [1.807, 2.05) is 32.1 Å². The van der Waals surface area contributed by atoms with Crippen LogP contribution in [0.3, 0.4) is 0 Å². The Morgan fingerprint density at radius 1 is 1.03 bits per heavy atom. The van der Waals surface area contributed by atoms with Gasteiger partial charge < -0.3 is 15.5 Å². The van der Waals surface area contributed by atoms with E-state index in [-0.39, 0.29) is 27.6 Å². The second-order valence-electron chi connectivity index (χ2n) is 9.07. The first-order valence-electron chi connectivity index (χ1n) is 11.7. The highest BCUT2D eigenvalue weighted by Gasteiger charge is 2.28. The molecule has 1 fully saturated rings. The minimum Gasteiger partial charge on any atom is -0.362 e. The van der Waals surface area contributed by atoms with Crippen molar-refractivity contribution < 1.29 is 13.2 Å². The van der Waals surface area contributed by atoms with Crippen LogP contribution in [0.5, 0.6) is 0 Å². The Hall–Kier alpha value is -3.05. The molecule has 0 radical (unpaired) electrons. The van der Waals surface area contributed by atoms with Crippen molar-refractivity contribution in [1.29, 1.82) is 0 Å². The number of anilines is 2. The molecule has 0 saturated heterocycles. The van der Waals surface area contributed by atoms with Gasteiger partial charge in [-0.3, -0.25) is 4.79 Å². The van der Waals surface area contributed by atoms with Gasteiger partial charge in [0.25, 0.3) is 5.91 Å². The molecule has 190 valence electrons. The van der Waals surface area contributed by atoms with Gasteiger partial charge in [0, 0.05) is 48.6 Å². The third-order valence-electron chi connectivity index (χ3n) is 6.16. The van der Waals surface area contributed by atoms with Crippen LogP contribution in [0.4, 0.5) is 11.8 Å². The van der Waals surface area contributed by atoms with E-state index < -0.39 is 15.7 Å². The summed E-state index contributed by atoms with van der Waals surface area (Å²) in [4.78, 5) is 28.2. The smallest absolute Gasteiger partial charge is 0.254 e. The Morgan fingerprint density at radius 2 is 1.69 bits per heavy atom. The molecule has 36 heavy (non-hydrogen) atoms. The number of halogens is 1. The number of aryl methyl sites for hydroxylation is 1. The molecule has 4 rings (SSSR count). The quantitative estimate of drug-likeness (QED) is 0.436. The maximum absolute atomic E-state index is 13.2. The molecule has 2 N–H and O–H groups in total. The third kappa shape index (κ3) is 5.84. The first kappa shape index (κ1) is 26.0. The van der Waals surface area contributed by atoms with Crippen LogP contribution in [0.25, 0.3) is 0 Å². The number of hydrogen-bond acceptors (Lipinski definition) is 8. The molecule has 1 aliphatic carbocycles. The molecule has 0 spiro atoms. The lowest BCUT2D eigenvalue weighted by Gasteiger charge is -2.30. The molecule has 0 unspecified atom stereocenters. The van der Waals surface area contributed by atoms with Gasteiger partial charge in [-0.15, -0.1) is 0 Å². The standard InChI is InChI=1S/C25H29BrN6O3S/c1-16-15-28-25(31-22(16)32(2)3)30-19-10-8-18(9-11-19)29-23(33)21-5-4-14-27-24(21)36(34,35)20-12-6-17(26)7-13-20/h4-7,12-15,18-19H,8-11H2,1-3H3,(H,29,33)(H,28,30,31)/t18-,19+. The number of nitrogens with zero attached hydrogens (tertiary/aromatic N) is 4. The van der Waals surface area contributed by atoms with Gasteiger partial charge in [-0.25, -0.2) is 18.4 Å². The van der Waals surface area contributed by atoms with Gasteiger partial charge in [-0.05, 0) is 69.0 Å². The van der Waals surface area contributed by atoms with Crippen LogP contribution in [0, 0.1) is 6.92 Å². The number of pyridine rings is 1. The molecule has 1 saturated carbocycles. The number of carbonyl (C=O) groups is 1. The summed E-state index contributed by atoms with van der Waals surface area (Å²) >= 11 is 3.31. The van der Waals surface area contributed by atoms with Gasteiger partial charge in [-0.1, -0.05) is 15.9 Å². The molecule has 11 heteroatoms. The van der Waals surface area contributed by atoms with Crippen molar-refractivity contribution in [2.45, 2.75) is 54.6 Å². The summed E-state index contributed by atoms with van der Waals surface area (Å²) in [5.41, 5.74) is 1.05. The summed E-state index contributed by atoms with van der Waals surface area (Å²) in [6, 6.07) is 9.47. The molecule has 9 nitrogen and oxygen atoms in total. The summed E-state index contributed by atoms with van der Waals surface area (Å²) in [5.74, 6) is 1.03. The average Bonchev–Trinajstić information content (AvgIpc) is 2.86. The van der Waals surface area contributed by atoms with Crippen LogP contribution in [0.2, 0.25) is 0 Å². The molecular weight excluding hydrogens is 544 g/mol. The molecule has 0 aliphatic heterocycles. The average molecular weight is 574 g/mol. The van der Waals surface area contributed by atoms with Crippen molar-refractivity contribution in [2.75, 3.05) is 24.3 Å². The lowest BCUT2D eigenvalue weighted by Crippen LogP contribution is -2.40.